The van der Waals surface area contributed by atoms with E-state index in [1.54, 1.807) is 0 Å². The summed E-state index contributed by atoms with van der Waals surface area (Å²) in [7, 11) is 0. The molecule has 0 aliphatic heterocycles. The fourth-order valence-electron chi connectivity index (χ4n) is 8.35. The summed E-state index contributed by atoms with van der Waals surface area (Å²) in [4.78, 5) is 0. The normalized spacial score (nSPS) is 11.3. The smallest absolute Gasteiger partial charge is 0.00261 e. The number of fused-ring (bicyclic) bond motifs is 3. The van der Waals surface area contributed by atoms with Crippen molar-refractivity contribution >= 4 is 32.3 Å². The van der Waals surface area contributed by atoms with Gasteiger partial charge in [0.15, 0.2) is 0 Å². The second-order valence-electron chi connectivity index (χ2n) is 14.0. The zero-order valence-electron chi connectivity index (χ0n) is 29.8. The minimum Gasteiger partial charge on any atom is -0.0622 e. The maximum atomic E-state index is 2.42. The lowest BCUT2D eigenvalue weighted by Crippen LogP contribution is -1.92. The number of hydrogen-bond donors (Lipinski definition) is 0. The maximum absolute atomic E-state index is 2.42. The Balaban J connectivity index is 1.14. The largest absolute Gasteiger partial charge is 0.0622 e. The van der Waals surface area contributed by atoms with E-state index in [-0.39, 0.29) is 0 Å². The Hall–Kier alpha value is -7.02. The number of benzene rings is 10. The molecule has 0 nitrogen and oxygen atoms in total. The monoisotopic (exact) mass is 684 g/mol. The van der Waals surface area contributed by atoms with Gasteiger partial charge in [-0.05, 0) is 111 Å². The first-order valence-electron chi connectivity index (χ1n) is 18.7. The van der Waals surface area contributed by atoms with Crippen LogP contribution in [0.1, 0.15) is 0 Å². The molecule has 0 radical (unpaired) electrons. The van der Waals surface area contributed by atoms with Gasteiger partial charge in [0, 0.05) is 0 Å². The molecule has 54 heavy (non-hydrogen) atoms. The van der Waals surface area contributed by atoms with E-state index in [1.165, 1.54) is 99.1 Å². The van der Waals surface area contributed by atoms with E-state index in [0.29, 0.717) is 0 Å². The van der Waals surface area contributed by atoms with Gasteiger partial charge < -0.3 is 0 Å². The van der Waals surface area contributed by atoms with Crippen LogP contribution in [0.4, 0.5) is 0 Å². The van der Waals surface area contributed by atoms with Crippen LogP contribution in [0.2, 0.25) is 0 Å². The Morgan fingerprint density at radius 3 is 1.30 bits per heavy atom. The lowest BCUT2D eigenvalue weighted by Gasteiger charge is -2.19. The molecule has 0 aliphatic rings. The summed E-state index contributed by atoms with van der Waals surface area (Å²) in [5, 5.41) is 7.58. The lowest BCUT2D eigenvalue weighted by atomic mass is 9.84. The first-order chi connectivity index (χ1) is 26.8. The first-order valence-corrected chi connectivity index (χ1v) is 18.7. The molecule has 0 heterocycles. The van der Waals surface area contributed by atoms with Crippen LogP contribution in [-0.4, -0.2) is 0 Å². The molecule has 0 heteroatoms. The summed E-state index contributed by atoms with van der Waals surface area (Å²) < 4.78 is 0. The van der Waals surface area contributed by atoms with Gasteiger partial charge in [-0.2, -0.15) is 0 Å². The standard InChI is InChI=1S/C54H36/c1-3-15-38(16-4-1)47-34-33-44(54-50-26-11-9-24-48(50)53(41-18-5-2-6-19-41)49-25-10-12-27-51(49)54)36-52(47)43-22-13-21-42(35-43)37-29-31-40(32-30-37)46-28-14-20-39-17-7-8-23-45(39)46/h1-36H. The highest BCUT2D eigenvalue weighted by Crippen LogP contribution is 2.45. The summed E-state index contributed by atoms with van der Waals surface area (Å²) in [6, 6.07) is 79.7. The van der Waals surface area contributed by atoms with Crippen LogP contribution in [0, 0.1) is 0 Å². The average Bonchev–Trinajstić information content (AvgIpc) is 3.26. The first kappa shape index (κ1) is 31.7. The molecular weight excluding hydrogens is 649 g/mol. The van der Waals surface area contributed by atoms with Gasteiger partial charge in [0.25, 0.3) is 0 Å². The van der Waals surface area contributed by atoms with Crippen LogP contribution >= 0.6 is 0 Å². The van der Waals surface area contributed by atoms with Crippen LogP contribution < -0.4 is 0 Å². The van der Waals surface area contributed by atoms with E-state index >= 15 is 0 Å². The molecule has 0 saturated carbocycles. The van der Waals surface area contributed by atoms with E-state index in [1.807, 2.05) is 0 Å². The minimum atomic E-state index is 1.20. The van der Waals surface area contributed by atoms with E-state index < -0.39 is 0 Å². The molecular formula is C54H36. The van der Waals surface area contributed by atoms with Gasteiger partial charge in [-0.1, -0.05) is 206 Å². The summed E-state index contributed by atoms with van der Waals surface area (Å²) in [6.45, 7) is 0. The van der Waals surface area contributed by atoms with Crippen LogP contribution in [0.15, 0.2) is 218 Å². The Kier molecular flexibility index (Phi) is 7.93. The number of rotatable bonds is 6. The Bertz CT molecular complexity index is 2890. The van der Waals surface area contributed by atoms with E-state index in [2.05, 4.69) is 218 Å². The topological polar surface area (TPSA) is 0 Å². The third-order valence-electron chi connectivity index (χ3n) is 10.9. The van der Waals surface area contributed by atoms with Crippen LogP contribution in [0.25, 0.3) is 99.1 Å². The van der Waals surface area contributed by atoms with Gasteiger partial charge in [0.1, 0.15) is 0 Å². The van der Waals surface area contributed by atoms with Crippen molar-refractivity contribution in [2.75, 3.05) is 0 Å². The van der Waals surface area contributed by atoms with Crippen molar-refractivity contribution in [1.82, 2.24) is 0 Å². The molecule has 0 fully saturated rings. The Labute approximate surface area is 316 Å². The van der Waals surface area contributed by atoms with Crippen LogP contribution in [0.5, 0.6) is 0 Å². The summed E-state index contributed by atoms with van der Waals surface area (Å²) in [5.41, 5.74) is 14.7. The summed E-state index contributed by atoms with van der Waals surface area (Å²) in [5.74, 6) is 0. The Morgan fingerprint density at radius 1 is 0.185 bits per heavy atom. The molecule has 10 rings (SSSR count). The van der Waals surface area contributed by atoms with Gasteiger partial charge in [0.05, 0.1) is 0 Å². The molecule has 0 saturated heterocycles. The second-order valence-corrected chi connectivity index (χ2v) is 14.0. The SMILES string of the molecule is c1ccc(-c2ccc(-c3c4ccccc4c(-c4ccccc4)c4ccccc34)cc2-c2cccc(-c3ccc(-c4cccc5ccccc45)cc3)c2)cc1. The second kappa shape index (κ2) is 13.5. The van der Waals surface area contributed by atoms with Crippen molar-refractivity contribution in [2.45, 2.75) is 0 Å². The average molecular weight is 685 g/mol. The van der Waals surface area contributed by atoms with Gasteiger partial charge >= 0.3 is 0 Å². The van der Waals surface area contributed by atoms with Crippen molar-refractivity contribution in [1.29, 1.82) is 0 Å². The fraction of sp³-hybridized carbons (Fsp3) is 0. The molecule has 0 unspecified atom stereocenters. The third-order valence-corrected chi connectivity index (χ3v) is 10.9. The molecule has 10 aromatic rings. The molecule has 10 aromatic carbocycles. The summed E-state index contributed by atoms with van der Waals surface area (Å²) >= 11 is 0. The quantitative estimate of drug-likeness (QED) is 0.153. The van der Waals surface area contributed by atoms with Crippen molar-refractivity contribution in [3.63, 3.8) is 0 Å². The predicted molar refractivity (Wildman–Crippen MR) is 232 cm³/mol. The van der Waals surface area contributed by atoms with Crippen molar-refractivity contribution in [3.05, 3.63) is 218 Å². The molecule has 0 amide bonds. The number of hydrogen-bond acceptors (Lipinski definition) is 0. The molecule has 0 aromatic heterocycles. The van der Waals surface area contributed by atoms with Crippen molar-refractivity contribution in [2.24, 2.45) is 0 Å². The highest BCUT2D eigenvalue weighted by atomic mass is 14.2. The van der Waals surface area contributed by atoms with Crippen molar-refractivity contribution < 1.29 is 0 Å². The fourth-order valence-corrected chi connectivity index (χ4v) is 8.35. The minimum absolute atomic E-state index is 1.20. The highest BCUT2D eigenvalue weighted by Gasteiger charge is 2.18. The van der Waals surface area contributed by atoms with E-state index in [0.717, 1.165) is 0 Å². The van der Waals surface area contributed by atoms with Gasteiger partial charge in [0.2, 0.25) is 0 Å². The maximum Gasteiger partial charge on any atom is -0.00261 e. The van der Waals surface area contributed by atoms with Gasteiger partial charge in [-0.3, -0.25) is 0 Å². The molecule has 0 spiro atoms. The highest BCUT2D eigenvalue weighted by molar-refractivity contribution is 6.21. The molecule has 0 bridgehead atoms. The van der Waals surface area contributed by atoms with Crippen LogP contribution in [0.3, 0.4) is 0 Å². The van der Waals surface area contributed by atoms with Crippen LogP contribution in [-0.2, 0) is 0 Å². The predicted octanol–water partition coefficient (Wildman–Crippen LogP) is 15.1. The van der Waals surface area contributed by atoms with Gasteiger partial charge in [-0.25, -0.2) is 0 Å². The summed E-state index contributed by atoms with van der Waals surface area (Å²) in [6.07, 6.45) is 0. The van der Waals surface area contributed by atoms with Crippen molar-refractivity contribution in [3.8, 4) is 66.8 Å². The lowest BCUT2D eigenvalue weighted by molar-refractivity contribution is 1.56. The zero-order valence-corrected chi connectivity index (χ0v) is 29.8. The molecule has 252 valence electrons. The Morgan fingerprint density at radius 2 is 0.630 bits per heavy atom. The zero-order chi connectivity index (χ0) is 35.8. The third kappa shape index (κ3) is 5.57. The van der Waals surface area contributed by atoms with Gasteiger partial charge in [-0.15, -0.1) is 0 Å². The van der Waals surface area contributed by atoms with E-state index in [9.17, 15) is 0 Å². The van der Waals surface area contributed by atoms with E-state index in [4.69, 9.17) is 0 Å². The molecule has 0 N–H and O–H groups in total. The molecule has 0 aliphatic carbocycles. The molecule has 0 atom stereocenters.